The highest BCUT2D eigenvalue weighted by Gasteiger charge is 2.23. The number of rotatable bonds is 2. The summed E-state index contributed by atoms with van der Waals surface area (Å²) in [7, 11) is 2.28. The molecule has 0 aromatic rings. The summed E-state index contributed by atoms with van der Waals surface area (Å²) in [6.07, 6.45) is 4.22. The van der Waals surface area contributed by atoms with Gasteiger partial charge in [0, 0.05) is 12.6 Å². The molecule has 1 aliphatic rings. The summed E-state index contributed by atoms with van der Waals surface area (Å²) in [4.78, 5) is 2.55. The topological polar surface area (TPSA) is 3.24 Å². The van der Waals surface area contributed by atoms with Gasteiger partial charge in [-0.05, 0) is 38.1 Å². The van der Waals surface area contributed by atoms with Crippen LogP contribution in [0.25, 0.3) is 0 Å². The van der Waals surface area contributed by atoms with Gasteiger partial charge in [0.25, 0.3) is 0 Å². The van der Waals surface area contributed by atoms with Crippen LogP contribution in [0, 0.1) is 11.8 Å². The monoisotopic (exact) mass is 169 g/mol. The van der Waals surface area contributed by atoms with Gasteiger partial charge < -0.3 is 4.90 Å². The van der Waals surface area contributed by atoms with E-state index in [4.69, 9.17) is 0 Å². The Kier molecular flexibility index (Phi) is 3.57. The zero-order valence-electron chi connectivity index (χ0n) is 9.01. The Hall–Kier alpha value is -0.0400. The van der Waals surface area contributed by atoms with Crippen molar-refractivity contribution in [2.24, 2.45) is 11.8 Å². The highest BCUT2D eigenvalue weighted by Crippen LogP contribution is 2.24. The number of hydrogen-bond acceptors (Lipinski definition) is 1. The number of nitrogens with zero attached hydrogens (tertiary/aromatic N) is 1. The van der Waals surface area contributed by atoms with Crippen molar-refractivity contribution in [2.45, 2.75) is 46.1 Å². The Morgan fingerprint density at radius 2 is 2.00 bits per heavy atom. The minimum absolute atomic E-state index is 0.853. The van der Waals surface area contributed by atoms with Crippen LogP contribution in [0.4, 0.5) is 0 Å². The molecule has 0 radical (unpaired) electrons. The summed E-state index contributed by atoms with van der Waals surface area (Å²) in [6.45, 7) is 8.32. The third kappa shape index (κ3) is 2.78. The van der Waals surface area contributed by atoms with E-state index in [9.17, 15) is 0 Å². The first-order valence-electron chi connectivity index (χ1n) is 5.29. The van der Waals surface area contributed by atoms with E-state index in [1.165, 1.54) is 25.8 Å². The summed E-state index contributed by atoms with van der Waals surface area (Å²) >= 11 is 0. The molecule has 1 heterocycles. The van der Waals surface area contributed by atoms with Crippen molar-refractivity contribution in [1.29, 1.82) is 0 Å². The van der Waals surface area contributed by atoms with Crippen LogP contribution >= 0.6 is 0 Å². The van der Waals surface area contributed by atoms with Gasteiger partial charge in [-0.3, -0.25) is 0 Å². The van der Waals surface area contributed by atoms with E-state index in [2.05, 4.69) is 32.7 Å². The predicted molar refractivity (Wildman–Crippen MR) is 54.3 cm³/mol. The Morgan fingerprint density at radius 1 is 1.33 bits per heavy atom. The third-order valence-electron chi connectivity index (χ3n) is 2.96. The molecule has 0 aromatic heterocycles. The second-order valence-electron chi connectivity index (χ2n) is 4.91. The molecule has 0 spiro atoms. The molecule has 1 rings (SSSR count). The molecule has 1 aliphatic heterocycles. The molecular weight excluding hydrogens is 146 g/mol. The molecule has 1 saturated heterocycles. The molecule has 72 valence electrons. The molecule has 2 atom stereocenters. The molecule has 0 amide bonds. The van der Waals surface area contributed by atoms with E-state index in [1.54, 1.807) is 0 Å². The highest BCUT2D eigenvalue weighted by molar-refractivity contribution is 4.78. The first kappa shape index (κ1) is 10.0. The minimum Gasteiger partial charge on any atom is -0.303 e. The van der Waals surface area contributed by atoms with Crippen LogP contribution < -0.4 is 0 Å². The van der Waals surface area contributed by atoms with Gasteiger partial charge in [-0.1, -0.05) is 20.8 Å². The van der Waals surface area contributed by atoms with Crippen LogP contribution in [0.3, 0.4) is 0 Å². The van der Waals surface area contributed by atoms with Crippen molar-refractivity contribution in [3.63, 3.8) is 0 Å². The van der Waals surface area contributed by atoms with Crippen LogP contribution in [0.5, 0.6) is 0 Å². The molecule has 1 nitrogen and oxygen atoms in total. The lowest BCUT2D eigenvalue weighted by Gasteiger charge is -2.36. The third-order valence-corrected chi connectivity index (χ3v) is 2.96. The van der Waals surface area contributed by atoms with Crippen molar-refractivity contribution in [3.05, 3.63) is 0 Å². The maximum absolute atomic E-state index is 2.55. The van der Waals surface area contributed by atoms with Gasteiger partial charge >= 0.3 is 0 Å². The molecule has 0 aromatic carbocycles. The van der Waals surface area contributed by atoms with E-state index in [-0.39, 0.29) is 0 Å². The van der Waals surface area contributed by atoms with Gasteiger partial charge in [-0.25, -0.2) is 0 Å². The average molecular weight is 169 g/mol. The Labute approximate surface area is 77.1 Å². The van der Waals surface area contributed by atoms with Crippen LogP contribution in [0.15, 0.2) is 0 Å². The van der Waals surface area contributed by atoms with Gasteiger partial charge in [0.15, 0.2) is 0 Å². The lowest BCUT2D eigenvalue weighted by molar-refractivity contribution is 0.128. The SMILES string of the molecule is CC(C)CC1CCC(C)CN1C. The van der Waals surface area contributed by atoms with Crippen molar-refractivity contribution in [3.8, 4) is 0 Å². The number of piperidine rings is 1. The standard InChI is InChI=1S/C11H23N/c1-9(2)7-11-6-5-10(3)8-12(11)4/h9-11H,5-8H2,1-4H3. The molecule has 1 fully saturated rings. The smallest absolute Gasteiger partial charge is 0.00948 e. The van der Waals surface area contributed by atoms with Crippen molar-refractivity contribution < 1.29 is 0 Å². The zero-order valence-corrected chi connectivity index (χ0v) is 9.01. The van der Waals surface area contributed by atoms with E-state index < -0.39 is 0 Å². The van der Waals surface area contributed by atoms with Crippen molar-refractivity contribution in [2.75, 3.05) is 13.6 Å². The molecule has 12 heavy (non-hydrogen) atoms. The van der Waals surface area contributed by atoms with Gasteiger partial charge in [0.1, 0.15) is 0 Å². The molecule has 0 N–H and O–H groups in total. The second-order valence-corrected chi connectivity index (χ2v) is 4.91. The van der Waals surface area contributed by atoms with Gasteiger partial charge in [0.2, 0.25) is 0 Å². The average Bonchev–Trinajstić information content (AvgIpc) is 1.94. The fourth-order valence-electron chi connectivity index (χ4n) is 2.27. The molecular formula is C11H23N. The lowest BCUT2D eigenvalue weighted by Crippen LogP contribution is -2.40. The second kappa shape index (κ2) is 4.27. The maximum Gasteiger partial charge on any atom is 0.00948 e. The van der Waals surface area contributed by atoms with Crippen LogP contribution in [-0.2, 0) is 0 Å². The highest BCUT2D eigenvalue weighted by atomic mass is 15.1. The van der Waals surface area contributed by atoms with E-state index >= 15 is 0 Å². The summed E-state index contributed by atoms with van der Waals surface area (Å²) in [5, 5.41) is 0. The van der Waals surface area contributed by atoms with Crippen LogP contribution in [-0.4, -0.2) is 24.5 Å². The predicted octanol–water partition coefficient (Wildman–Crippen LogP) is 2.76. The van der Waals surface area contributed by atoms with Crippen molar-refractivity contribution >= 4 is 0 Å². The quantitative estimate of drug-likeness (QED) is 0.614. The van der Waals surface area contributed by atoms with Gasteiger partial charge in [-0.2, -0.15) is 0 Å². The van der Waals surface area contributed by atoms with Gasteiger partial charge in [0.05, 0.1) is 0 Å². The largest absolute Gasteiger partial charge is 0.303 e. The summed E-state index contributed by atoms with van der Waals surface area (Å²) < 4.78 is 0. The first-order valence-corrected chi connectivity index (χ1v) is 5.29. The van der Waals surface area contributed by atoms with Crippen LogP contribution in [0.1, 0.15) is 40.0 Å². The lowest BCUT2D eigenvalue weighted by atomic mass is 9.90. The van der Waals surface area contributed by atoms with E-state index in [0.717, 1.165) is 17.9 Å². The molecule has 1 heteroatoms. The fraction of sp³-hybridized carbons (Fsp3) is 1.00. The zero-order chi connectivity index (χ0) is 9.14. The summed E-state index contributed by atoms with van der Waals surface area (Å²) in [6, 6.07) is 0.862. The Bertz CT molecular complexity index is 131. The number of likely N-dealkylation sites (tertiary alicyclic amines) is 1. The minimum atomic E-state index is 0.853. The molecule has 0 bridgehead atoms. The Balaban J connectivity index is 2.34. The van der Waals surface area contributed by atoms with E-state index in [1.807, 2.05) is 0 Å². The Morgan fingerprint density at radius 3 is 2.50 bits per heavy atom. The maximum atomic E-state index is 2.55. The molecule has 0 saturated carbocycles. The number of hydrogen-bond donors (Lipinski definition) is 0. The normalized spacial score (nSPS) is 32.8. The van der Waals surface area contributed by atoms with Gasteiger partial charge in [-0.15, -0.1) is 0 Å². The fourth-order valence-corrected chi connectivity index (χ4v) is 2.27. The summed E-state index contributed by atoms with van der Waals surface area (Å²) in [5.74, 6) is 1.77. The molecule has 2 unspecified atom stereocenters. The summed E-state index contributed by atoms with van der Waals surface area (Å²) in [5.41, 5.74) is 0. The van der Waals surface area contributed by atoms with Crippen LogP contribution in [0.2, 0.25) is 0 Å². The van der Waals surface area contributed by atoms with Crippen molar-refractivity contribution in [1.82, 2.24) is 4.90 Å². The first-order chi connectivity index (χ1) is 5.59. The molecule has 0 aliphatic carbocycles. The van der Waals surface area contributed by atoms with E-state index in [0.29, 0.717) is 0 Å².